The van der Waals surface area contributed by atoms with Crippen LogP contribution in [0.15, 0.2) is 23.1 Å². The quantitative estimate of drug-likeness (QED) is 0.853. The largest absolute Gasteiger partial charge is 0.384 e. The van der Waals surface area contributed by atoms with Crippen LogP contribution in [0.1, 0.15) is 24.8 Å². The normalized spacial score (nSPS) is 18.4. The van der Waals surface area contributed by atoms with E-state index in [0.29, 0.717) is 11.4 Å². The topological polar surface area (TPSA) is 58.2 Å². The number of nitrogens with one attached hydrogen (secondary N) is 2. The molecule has 1 aliphatic carbocycles. The van der Waals surface area contributed by atoms with E-state index in [0.717, 1.165) is 36.6 Å². The molecule has 2 aliphatic rings. The lowest BCUT2D eigenvalue weighted by atomic mass is 10.2. The molecule has 0 amide bonds. The van der Waals surface area contributed by atoms with Crippen LogP contribution in [0, 0.1) is 5.92 Å². The summed E-state index contributed by atoms with van der Waals surface area (Å²) >= 11 is 0. The molecule has 18 heavy (non-hydrogen) atoms. The Hall–Kier alpha value is -1.07. The summed E-state index contributed by atoms with van der Waals surface area (Å²) in [4.78, 5) is 0.390. The van der Waals surface area contributed by atoms with Gasteiger partial charge in [0.15, 0.2) is 0 Å². The van der Waals surface area contributed by atoms with Crippen LogP contribution in [-0.2, 0) is 16.4 Å². The molecule has 1 heterocycles. The molecule has 0 aromatic heterocycles. The van der Waals surface area contributed by atoms with Crippen molar-refractivity contribution in [2.75, 3.05) is 18.4 Å². The minimum absolute atomic E-state index is 0.390. The number of hydrogen-bond acceptors (Lipinski definition) is 3. The highest BCUT2D eigenvalue weighted by atomic mass is 32.2. The molecule has 1 aromatic rings. The predicted molar refractivity (Wildman–Crippen MR) is 71.2 cm³/mol. The average Bonchev–Trinajstić information content (AvgIpc) is 3.04. The third-order valence-electron chi connectivity index (χ3n) is 3.64. The van der Waals surface area contributed by atoms with Gasteiger partial charge in [0, 0.05) is 18.8 Å². The lowest BCUT2D eigenvalue weighted by molar-refractivity contribution is 0.575. The van der Waals surface area contributed by atoms with Gasteiger partial charge in [-0.05, 0) is 42.5 Å². The third kappa shape index (κ3) is 2.52. The molecular formula is C13H18N2O2S. The summed E-state index contributed by atoms with van der Waals surface area (Å²) in [6, 6.07) is 5.32. The van der Waals surface area contributed by atoms with Gasteiger partial charge in [-0.2, -0.15) is 0 Å². The molecule has 0 unspecified atom stereocenters. The molecule has 3 rings (SSSR count). The lowest BCUT2D eigenvalue weighted by Crippen LogP contribution is -2.25. The Balaban J connectivity index is 1.71. The van der Waals surface area contributed by atoms with Crippen molar-refractivity contribution in [3.8, 4) is 0 Å². The van der Waals surface area contributed by atoms with Crippen molar-refractivity contribution < 1.29 is 8.42 Å². The standard InChI is InChI=1S/C13H18N2O2S/c16-18(17,15-8-5-10-1-2-10)12-3-4-13-11(9-12)6-7-14-13/h3-4,9-10,14-15H,1-2,5-8H2. The molecule has 0 saturated heterocycles. The van der Waals surface area contributed by atoms with E-state index in [1.165, 1.54) is 12.8 Å². The Morgan fingerprint density at radius 1 is 1.33 bits per heavy atom. The van der Waals surface area contributed by atoms with E-state index in [-0.39, 0.29) is 0 Å². The van der Waals surface area contributed by atoms with E-state index in [1.54, 1.807) is 12.1 Å². The Bertz CT molecular complexity index is 550. The van der Waals surface area contributed by atoms with Crippen molar-refractivity contribution in [3.63, 3.8) is 0 Å². The fraction of sp³-hybridized carbons (Fsp3) is 0.538. The van der Waals surface area contributed by atoms with Crippen molar-refractivity contribution >= 4 is 15.7 Å². The number of fused-ring (bicyclic) bond motifs is 1. The van der Waals surface area contributed by atoms with Gasteiger partial charge in [0.2, 0.25) is 10.0 Å². The van der Waals surface area contributed by atoms with E-state index in [9.17, 15) is 8.42 Å². The van der Waals surface area contributed by atoms with Crippen LogP contribution in [0.2, 0.25) is 0 Å². The zero-order chi connectivity index (χ0) is 12.6. The number of benzene rings is 1. The Morgan fingerprint density at radius 2 is 2.17 bits per heavy atom. The highest BCUT2D eigenvalue weighted by Gasteiger charge is 2.22. The van der Waals surface area contributed by atoms with Gasteiger partial charge in [-0.25, -0.2) is 13.1 Å². The summed E-state index contributed by atoms with van der Waals surface area (Å²) in [7, 11) is -3.33. The number of hydrogen-bond donors (Lipinski definition) is 2. The van der Waals surface area contributed by atoms with E-state index in [2.05, 4.69) is 10.0 Å². The summed E-state index contributed by atoms with van der Waals surface area (Å²) in [6.07, 6.45) is 4.38. The van der Waals surface area contributed by atoms with Gasteiger partial charge in [0.25, 0.3) is 0 Å². The highest BCUT2D eigenvalue weighted by molar-refractivity contribution is 7.89. The van der Waals surface area contributed by atoms with Gasteiger partial charge in [-0.15, -0.1) is 0 Å². The Morgan fingerprint density at radius 3 is 2.94 bits per heavy atom. The molecule has 4 nitrogen and oxygen atoms in total. The monoisotopic (exact) mass is 266 g/mol. The van der Waals surface area contributed by atoms with Crippen LogP contribution in [0.25, 0.3) is 0 Å². The second-order valence-electron chi connectivity index (χ2n) is 5.13. The van der Waals surface area contributed by atoms with Gasteiger partial charge in [-0.3, -0.25) is 0 Å². The van der Waals surface area contributed by atoms with Crippen LogP contribution in [0.4, 0.5) is 5.69 Å². The maximum atomic E-state index is 12.1. The first-order valence-corrected chi connectivity index (χ1v) is 8.00. The fourth-order valence-electron chi connectivity index (χ4n) is 2.34. The number of rotatable bonds is 5. The summed E-state index contributed by atoms with van der Waals surface area (Å²) < 4.78 is 26.9. The smallest absolute Gasteiger partial charge is 0.240 e. The van der Waals surface area contributed by atoms with Crippen molar-refractivity contribution in [1.29, 1.82) is 0 Å². The number of sulfonamides is 1. The van der Waals surface area contributed by atoms with E-state index in [4.69, 9.17) is 0 Å². The molecule has 0 spiro atoms. The van der Waals surface area contributed by atoms with Gasteiger partial charge in [-0.1, -0.05) is 12.8 Å². The van der Waals surface area contributed by atoms with Crippen molar-refractivity contribution in [3.05, 3.63) is 23.8 Å². The van der Waals surface area contributed by atoms with Crippen LogP contribution >= 0.6 is 0 Å². The van der Waals surface area contributed by atoms with Gasteiger partial charge in [0.05, 0.1) is 4.90 Å². The van der Waals surface area contributed by atoms with Crippen LogP contribution in [-0.4, -0.2) is 21.5 Å². The SMILES string of the molecule is O=S(=O)(NCCC1CC1)c1ccc2c(c1)CCN2. The van der Waals surface area contributed by atoms with E-state index < -0.39 is 10.0 Å². The summed E-state index contributed by atoms with van der Waals surface area (Å²) in [5.74, 6) is 0.747. The predicted octanol–water partition coefficient (Wildman–Crippen LogP) is 1.73. The van der Waals surface area contributed by atoms with Crippen molar-refractivity contribution in [2.24, 2.45) is 5.92 Å². The highest BCUT2D eigenvalue weighted by Crippen LogP contribution is 2.32. The van der Waals surface area contributed by atoms with Crippen LogP contribution in [0.3, 0.4) is 0 Å². The molecule has 5 heteroatoms. The molecule has 0 bridgehead atoms. The molecular weight excluding hydrogens is 248 g/mol. The molecule has 0 radical (unpaired) electrons. The average molecular weight is 266 g/mol. The van der Waals surface area contributed by atoms with Gasteiger partial charge >= 0.3 is 0 Å². The molecule has 0 atom stereocenters. The maximum Gasteiger partial charge on any atom is 0.240 e. The molecule has 1 aromatic carbocycles. The van der Waals surface area contributed by atoms with E-state index >= 15 is 0 Å². The fourth-order valence-corrected chi connectivity index (χ4v) is 3.43. The van der Waals surface area contributed by atoms with Crippen molar-refractivity contribution in [2.45, 2.75) is 30.6 Å². The first-order valence-electron chi connectivity index (χ1n) is 6.52. The Labute approximate surface area is 108 Å². The second kappa shape index (κ2) is 4.55. The zero-order valence-corrected chi connectivity index (χ0v) is 11.1. The summed E-state index contributed by atoms with van der Waals surface area (Å²) in [5.41, 5.74) is 2.16. The first-order chi connectivity index (χ1) is 8.65. The molecule has 1 aliphatic heterocycles. The molecule has 1 fully saturated rings. The minimum Gasteiger partial charge on any atom is -0.384 e. The van der Waals surface area contributed by atoms with E-state index in [1.807, 2.05) is 6.07 Å². The van der Waals surface area contributed by atoms with Crippen molar-refractivity contribution in [1.82, 2.24) is 4.72 Å². The Kier molecular flexibility index (Phi) is 3.03. The van der Waals surface area contributed by atoms with Gasteiger partial charge < -0.3 is 5.32 Å². The summed E-state index contributed by atoms with van der Waals surface area (Å²) in [6.45, 7) is 1.45. The van der Waals surface area contributed by atoms with Crippen LogP contribution in [0.5, 0.6) is 0 Å². The summed E-state index contributed by atoms with van der Waals surface area (Å²) in [5, 5.41) is 3.23. The third-order valence-corrected chi connectivity index (χ3v) is 5.10. The van der Waals surface area contributed by atoms with Crippen LogP contribution < -0.4 is 10.0 Å². The lowest BCUT2D eigenvalue weighted by Gasteiger charge is -2.08. The second-order valence-corrected chi connectivity index (χ2v) is 6.89. The zero-order valence-electron chi connectivity index (χ0n) is 10.3. The first kappa shape index (κ1) is 12.0. The minimum atomic E-state index is -3.33. The molecule has 98 valence electrons. The van der Waals surface area contributed by atoms with Gasteiger partial charge in [0.1, 0.15) is 0 Å². The molecule has 2 N–H and O–H groups in total. The number of anilines is 1. The maximum absolute atomic E-state index is 12.1. The molecule has 1 saturated carbocycles.